The van der Waals surface area contributed by atoms with Crippen molar-refractivity contribution in [2.45, 2.75) is 39.5 Å². The van der Waals surface area contributed by atoms with Gasteiger partial charge in [-0.25, -0.2) is 0 Å². The molecule has 0 atom stereocenters. The Labute approximate surface area is 138 Å². The first kappa shape index (κ1) is 19.8. The molecule has 22 heavy (non-hydrogen) atoms. The molecule has 0 aromatic rings. The maximum absolute atomic E-state index is 2.67. The van der Waals surface area contributed by atoms with Crippen LogP contribution in [0.4, 0.5) is 0 Å². The molecule has 1 aliphatic rings. The monoisotopic (exact) mass is 313 g/mol. The van der Waals surface area contributed by atoms with Gasteiger partial charge in [0, 0.05) is 39.3 Å². The van der Waals surface area contributed by atoms with E-state index in [1.54, 1.807) is 0 Å². The van der Waals surface area contributed by atoms with Crippen molar-refractivity contribution >= 4 is 0 Å². The van der Waals surface area contributed by atoms with E-state index in [1.807, 2.05) is 0 Å². The molecule has 1 fully saturated rings. The van der Waals surface area contributed by atoms with E-state index in [2.05, 4.69) is 73.5 Å². The van der Waals surface area contributed by atoms with Crippen LogP contribution in [0.1, 0.15) is 33.6 Å². The van der Waals surface area contributed by atoms with Crippen LogP contribution in [-0.4, -0.2) is 104 Å². The van der Waals surface area contributed by atoms with Crippen molar-refractivity contribution in [3.05, 3.63) is 0 Å². The third kappa shape index (κ3) is 4.01. The maximum atomic E-state index is 2.67. The van der Waals surface area contributed by atoms with Gasteiger partial charge in [-0.05, 0) is 47.6 Å². The minimum atomic E-state index is -0.119. The van der Waals surface area contributed by atoms with E-state index in [1.165, 1.54) is 25.9 Å². The fourth-order valence-corrected chi connectivity index (χ4v) is 4.05. The van der Waals surface area contributed by atoms with Crippen molar-refractivity contribution < 1.29 is 0 Å². The maximum Gasteiger partial charge on any atom is 0.190 e. The number of hydrogen-bond acceptors (Lipinski definition) is 5. The summed E-state index contributed by atoms with van der Waals surface area (Å²) in [5, 5.41) is 0. The van der Waals surface area contributed by atoms with Gasteiger partial charge >= 0.3 is 0 Å². The highest BCUT2D eigenvalue weighted by Gasteiger charge is 2.46. The molecule has 5 nitrogen and oxygen atoms in total. The SMILES string of the molecule is CCCN1CCN(CC)CCN(CCC)C1(N(C)C)N(C)C. The van der Waals surface area contributed by atoms with E-state index in [9.17, 15) is 0 Å². The molecule has 1 aliphatic heterocycles. The lowest BCUT2D eigenvalue weighted by atomic mass is 10.2. The van der Waals surface area contributed by atoms with Crippen molar-refractivity contribution in [2.75, 3.05) is 74.0 Å². The molecule has 0 aromatic carbocycles. The summed E-state index contributed by atoms with van der Waals surface area (Å²) in [6, 6.07) is 0. The lowest BCUT2D eigenvalue weighted by Crippen LogP contribution is -2.77. The molecule has 1 heterocycles. The molecule has 0 N–H and O–H groups in total. The molecular formula is C17H39N5. The van der Waals surface area contributed by atoms with Crippen LogP contribution in [0, 0.1) is 0 Å². The average Bonchev–Trinajstić information content (AvgIpc) is 2.44. The lowest BCUT2D eigenvalue weighted by Gasteiger charge is -2.59. The molecule has 0 saturated carbocycles. The zero-order chi connectivity index (χ0) is 16.8. The molecule has 0 unspecified atom stereocenters. The van der Waals surface area contributed by atoms with Gasteiger partial charge in [-0.2, -0.15) is 0 Å². The van der Waals surface area contributed by atoms with Crippen molar-refractivity contribution in [1.82, 2.24) is 24.5 Å². The average molecular weight is 314 g/mol. The van der Waals surface area contributed by atoms with E-state index < -0.39 is 0 Å². The third-order valence-electron chi connectivity index (χ3n) is 4.86. The first-order valence-corrected chi connectivity index (χ1v) is 9.02. The van der Waals surface area contributed by atoms with Crippen LogP contribution in [0.3, 0.4) is 0 Å². The Balaban J connectivity index is 3.23. The summed E-state index contributed by atoms with van der Waals surface area (Å²) in [7, 11) is 8.91. The summed E-state index contributed by atoms with van der Waals surface area (Å²) in [5.74, 6) is -0.119. The van der Waals surface area contributed by atoms with Crippen molar-refractivity contribution in [1.29, 1.82) is 0 Å². The first-order chi connectivity index (χ1) is 10.4. The Hall–Kier alpha value is -0.200. The van der Waals surface area contributed by atoms with Gasteiger partial charge in [0.2, 0.25) is 0 Å². The van der Waals surface area contributed by atoms with Gasteiger partial charge in [0.1, 0.15) is 0 Å². The predicted octanol–water partition coefficient (Wildman–Crippen LogP) is 1.48. The largest absolute Gasteiger partial charge is 0.301 e. The molecule has 1 rings (SSSR count). The minimum absolute atomic E-state index is 0.119. The third-order valence-corrected chi connectivity index (χ3v) is 4.86. The summed E-state index contributed by atoms with van der Waals surface area (Å²) in [6.45, 7) is 14.9. The summed E-state index contributed by atoms with van der Waals surface area (Å²) in [5.41, 5.74) is 0. The zero-order valence-corrected chi connectivity index (χ0v) is 16.1. The highest BCUT2D eigenvalue weighted by atomic mass is 15.7. The number of hydrogen-bond donors (Lipinski definition) is 0. The highest BCUT2D eigenvalue weighted by molar-refractivity contribution is 4.89. The van der Waals surface area contributed by atoms with Crippen molar-refractivity contribution in [2.24, 2.45) is 0 Å². The Kier molecular flexibility index (Phi) is 8.28. The minimum Gasteiger partial charge on any atom is -0.301 e. The summed E-state index contributed by atoms with van der Waals surface area (Å²) < 4.78 is 0. The molecule has 0 radical (unpaired) electrons. The molecule has 0 aliphatic carbocycles. The second kappa shape index (κ2) is 9.18. The topological polar surface area (TPSA) is 16.2 Å². The van der Waals surface area contributed by atoms with E-state index in [0.717, 1.165) is 32.7 Å². The predicted molar refractivity (Wildman–Crippen MR) is 95.9 cm³/mol. The van der Waals surface area contributed by atoms with Crippen LogP contribution in [0.15, 0.2) is 0 Å². The summed E-state index contributed by atoms with van der Waals surface area (Å²) in [4.78, 5) is 12.7. The Morgan fingerprint density at radius 1 is 0.727 bits per heavy atom. The first-order valence-electron chi connectivity index (χ1n) is 9.02. The highest BCUT2D eigenvalue weighted by Crippen LogP contribution is 2.28. The Bertz CT molecular complexity index is 277. The smallest absolute Gasteiger partial charge is 0.190 e. The molecule has 0 bridgehead atoms. The van der Waals surface area contributed by atoms with Gasteiger partial charge < -0.3 is 4.90 Å². The van der Waals surface area contributed by atoms with Crippen LogP contribution in [0.2, 0.25) is 0 Å². The van der Waals surface area contributed by atoms with Crippen LogP contribution >= 0.6 is 0 Å². The molecular weight excluding hydrogens is 274 g/mol. The summed E-state index contributed by atoms with van der Waals surface area (Å²) >= 11 is 0. The van der Waals surface area contributed by atoms with Gasteiger partial charge in [-0.1, -0.05) is 20.8 Å². The van der Waals surface area contributed by atoms with E-state index in [4.69, 9.17) is 0 Å². The van der Waals surface area contributed by atoms with E-state index in [0.29, 0.717) is 0 Å². The van der Waals surface area contributed by atoms with Gasteiger partial charge in [0.25, 0.3) is 0 Å². The van der Waals surface area contributed by atoms with Crippen molar-refractivity contribution in [3.63, 3.8) is 0 Å². The fourth-order valence-electron chi connectivity index (χ4n) is 4.05. The summed E-state index contributed by atoms with van der Waals surface area (Å²) in [6.07, 6.45) is 2.38. The molecule has 5 heteroatoms. The fraction of sp³-hybridized carbons (Fsp3) is 1.00. The van der Waals surface area contributed by atoms with Gasteiger partial charge in [0.05, 0.1) is 0 Å². The van der Waals surface area contributed by atoms with Crippen LogP contribution < -0.4 is 0 Å². The Morgan fingerprint density at radius 2 is 1.14 bits per heavy atom. The quantitative estimate of drug-likeness (QED) is 0.660. The number of rotatable bonds is 7. The Morgan fingerprint density at radius 3 is 1.41 bits per heavy atom. The van der Waals surface area contributed by atoms with E-state index >= 15 is 0 Å². The molecule has 0 aromatic heterocycles. The number of likely N-dealkylation sites (N-methyl/N-ethyl adjacent to an activating group) is 1. The van der Waals surface area contributed by atoms with Crippen molar-refractivity contribution in [3.8, 4) is 0 Å². The molecule has 0 amide bonds. The van der Waals surface area contributed by atoms with Crippen LogP contribution in [-0.2, 0) is 0 Å². The van der Waals surface area contributed by atoms with Gasteiger partial charge in [0.15, 0.2) is 5.91 Å². The second-order valence-corrected chi connectivity index (χ2v) is 6.80. The van der Waals surface area contributed by atoms with E-state index in [-0.39, 0.29) is 5.91 Å². The molecule has 132 valence electrons. The zero-order valence-electron chi connectivity index (χ0n) is 16.1. The second-order valence-electron chi connectivity index (χ2n) is 6.80. The van der Waals surface area contributed by atoms with Gasteiger partial charge in [-0.3, -0.25) is 19.6 Å². The number of nitrogens with zero attached hydrogens (tertiary/aromatic N) is 5. The lowest BCUT2D eigenvalue weighted by molar-refractivity contribution is -0.241. The standard InChI is InChI=1S/C17H39N5/c1-8-11-21-15-13-20(10-3)14-16-22(12-9-2)17(21,18(4)5)19(6)7/h8-16H2,1-7H3. The van der Waals surface area contributed by atoms with Crippen LogP contribution in [0.5, 0.6) is 0 Å². The molecule has 0 spiro atoms. The molecule has 1 saturated heterocycles. The van der Waals surface area contributed by atoms with Gasteiger partial charge in [-0.15, -0.1) is 0 Å². The normalized spacial score (nSPS) is 22.2. The van der Waals surface area contributed by atoms with Crippen LogP contribution in [0.25, 0.3) is 0 Å².